The summed E-state index contributed by atoms with van der Waals surface area (Å²) in [4.78, 5) is 4.87. The number of rotatable bonds is 7. The maximum Gasteiger partial charge on any atom is 0.105 e. The SMILES string of the molecule is CCCNC(C)(C#N)CC(C)N1CC(C)C(N(C)C)C1. The van der Waals surface area contributed by atoms with Crippen LogP contribution in [-0.4, -0.2) is 61.2 Å². The first-order valence-corrected chi connectivity index (χ1v) is 7.89. The molecule has 0 spiro atoms. The molecule has 1 aliphatic rings. The molecule has 20 heavy (non-hydrogen) atoms. The Morgan fingerprint density at radius 2 is 2.10 bits per heavy atom. The summed E-state index contributed by atoms with van der Waals surface area (Å²) in [6.07, 6.45) is 1.95. The Kier molecular flexibility index (Phi) is 6.44. The monoisotopic (exact) mass is 280 g/mol. The van der Waals surface area contributed by atoms with Gasteiger partial charge in [0.1, 0.15) is 5.54 Å². The topological polar surface area (TPSA) is 42.3 Å². The maximum absolute atomic E-state index is 9.46. The van der Waals surface area contributed by atoms with Gasteiger partial charge in [0.15, 0.2) is 0 Å². The lowest BCUT2D eigenvalue weighted by atomic mass is 9.94. The molecule has 0 aliphatic carbocycles. The maximum atomic E-state index is 9.46. The van der Waals surface area contributed by atoms with Gasteiger partial charge in [-0.2, -0.15) is 5.26 Å². The molecule has 1 heterocycles. The van der Waals surface area contributed by atoms with Crippen LogP contribution in [0.3, 0.4) is 0 Å². The number of nitrogens with one attached hydrogen (secondary N) is 1. The Balaban J connectivity index is 2.58. The van der Waals surface area contributed by atoms with Gasteiger partial charge >= 0.3 is 0 Å². The highest BCUT2D eigenvalue weighted by Gasteiger charge is 2.36. The predicted molar refractivity (Wildman–Crippen MR) is 84.6 cm³/mol. The Hall–Kier alpha value is -0.630. The van der Waals surface area contributed by atoms with Crippen LogP contribution < -0.4 is 5.32 Å². The number of hydrogen-bond acceptors (Lipinski definition) is 4. The molecule has 1 rings (SSSR count). The van der Waals surface area contributed by atoms with Crippen molar-refractivity contribution in [1.82, 2.24) is 15.1 Å². The number of likely N-dealkylation sites (tertiary alicyclic amines) is 1. The van der Waals surface area contributed by atoms with Crippen molar-refractivity contribution in [1.29, 1.82) is 5.26 Å². The summed E-state index contributed by atoms with van der Waals surface area (Å²) < 4.78 is 0. The van der Waals surface area contributed by atoms with Crippen molar-refractivity contribution in [2.45, 2.75) is 58.2 Å². The molecule has 0 bridgehead atoms. The summed E-state index contributed by atoms with van der Waals surface area (Å²) in [7, 11) is 4.33. The van der Waals surface area contributed by atoms with E-state index in [4.69, 9.17) is 0 Å². The second-order valence-electron chi connectivity index (χ2n) is 6.89. The minimum absolute atomic E-state index is 0.408. The molecule has 0 aromatic carbocycles. The zero-order valence-electron chi connectivity index (χ0n) is 14.1. The van der Waals surface area contributed by atoms with E-state index in [1.807, 2.05) is 6.92 Å². The number of nitriles is 1. The van der Waals surface area contributed by atoms with Gasteiger partial charge in [-0.15, -0.1) is 0 Å². The molecule has 4 atom stereocenters. The molecule has 116 valence electrons. The van der Waals surface area contributed by atoms with Crippen molar-refractivity contribution < 1.29 is 0 Å². The molecule has 1 fully saturated rings. The average molecular weight is 280 g/mol. The Labute approximate surface area is 125 Å². The van der Waals surface area contributed by atoms with Gasteiger partial charge in [0.25, 0.3) is 0 Å². The molecule has 0 aromatic rings. The molecule has 0 aromatic heterocycles. The van der Waals surface area contributed by atoms with Crippen LogP contribution in [0.25, 0.3) is 0 Å². The third-order valence-corrected chi connectivity index (χ3v) is 4.60. The summed E-state index contributed by atoms with van der Waals surface area (Å²) in [6.45, 7) is 11.9. The highest BCUT2D eigenvalue weighted by atomic mass is 15.3. The Morgan fingerprint density at radius 3 is 2.55 bits per heavy atom. The molecule has 0 saturated carbocycles. The molecular weight excluding hydrogens is 248 g/mol. The summed E-state index contributed by atoms with van der Waals surface area (Å²) >= 11 is 0. The first-order valence-electron chi connectivity index (χ1n) is 7.89. The minimum Gasteiger partial charge on any atom is -0.305 e. The van der Waals surface area contributed by atoms with E-state index in [1.165, 1.54) is 0 Å². The summed E-state index contributed by atoms with van der Waals surface area (Å²) in [5, 5.41) is 12.9. The number of nitrogens with zero attached hydrogens (tertiary/aromatic N) is 3. The zero-order chi connectivity index (χ0) is 15.3. The fraction of sp³-hybridized carbons (Fsp3) is 0.938. The quantitative estimate of drug-likeness (QED) is 0.774. The molecule has 1 N–H and O–H groups in total. The van der Waals surface area contributed by atoms with E-state index in [0.29, 0.717) is 18.0 Å². The molecule has 1 saturated heterocycles. The van der Waals surface area contributed by atoms with Crippen LogP contribution in [0.15, 0.2) is 0 Å². The standard InChI is InChI=1S/C16H32N4/c1-7-8-18-16(4,12-17)9-14(3)20-10-13(2)15(11-20)19(5)6/h13-15,18H,7-11H2,1-6H3. The van der Waals surface area contributed by atoms with Gasteiger partial charge in [-0.25, -0.2) is 0 Å². The third-order valence-electron chi connectivity index (χ3n) is 4.60. The molecule has 4 heteroatoms. The first-order chi connectivity index (χ1) is 9.33. The largest absolute Gasteiger partial charge is 0.305 e. The average Bonchev–Trinajstić information content (AvgIpc) is 2.79. The molecule has 0 radical (unpaired) electrons. The van der Waals surface area contributed by atoms with Crippen molar-refractivity contribution in [2.75, 3.05) is 33.7 Å². The van der Waals surface area contributed by atoms with Gasteiger partial charge in [0.05, 0.1) is 6.07 Å². The van der Waals surface area contributed by atoms with E-state index in [1.54, 1.807) is 0 Å². The smallest absolute Gasteiger partial charge is 0.105 e. The lowest BCUT2D eigenvalue weighted by Gasteiger charge is -2.32. The normalized spacial score (nSPS) is 28.3. The van der Waals surface area contributed by atoms with Gasteiger partial charge in [-0.05, 0) is 53.2 Å². The van der Waals surface area contributed by atoms with Crippen molar-refractivity contribution in [3.8, 4) is 6.07 Å². The highest BCUT2D eigenvalue weighted by Crippen LogP contribution is 2.25. The third kappa shape index (κ3) is 4.44. The molecule has 0 amide bonds. The summed E-state index contributed by atoms with van der Waals surface area (Å²) in [5.41, 5.74) is -0.408. The predicted octanol–water partition coefficient (Wildman–Crippen LogP) is 1.93. The summed E-state index contributed by atoms with van der Waals surface area (Å²) in [5.74, 6) is 0.699. The minimum atomic E-state index is -0.408. The van der Waals surface area contributed by atoms with E-state index in [-0.39, 0.29) is 0 Å². The fourth-order valence-electron chi connectivity index (χ4n) is 3.30. The number of likely N-dealkylation sites (N-methyl/N-ethyl adjacent to an activating group) is 1. The van der Waals surface area contributed by atoms with Crippen LogP contribution in [-0.2, 0) is 0 Å². The van der Waals surface area contributed by atoms with E-state index in [0.717, 1.165) is 32.5 Å². The second kappa shape index (κ2) is 7.40. The van der Waals surface area contributed by atoms with Crippen molar-refractivity contribution >= 4 is 0 Å². The van der Waals surface area contributed by atoms with Gasteiger partial charge in [0.2, 0.25) is 0 Å². The van der Waals surface area contributed by atoms with E-state index in [9.17, 15) is 5.26 Å². The van der Waals surface area contributed by atoms with Gasteiger partial charge < -0.3 is 4.90 Å². The van der Waals surface area contributed by atoms with Gasteiger partial charge in [-0.1, -0.05) is 13.8 Å². The van der Waals surface area contributed by atoms with Crippen LogP contribution >= 0.6 is 0 Å². The molecule has 1 aliphatic heterocycles. The molecule has 4 unspecified atom stereocenters. The molecule has 4 nitrogen and oxygen atoms in total. The van der Waals surface area contributed by atoms with E-state index >= 15 is 0 Å². The van der Waals surface area contributed by atoms with Crippen LogP contribution in [0.1, 0.15) is 40.5 Å². The van der Waals surface area contributed by atoms with Crippen molar-refractivity contribution in [2.24, 2.45) is 5.92 Å². The highest BCUT2D eigenvalue weighted by molar-refractivity contribution is 5.06. The van der Waals surface area contributed by atoms with E-state index in [2.05, 4.69) is 56.1 Å². The van der Waals surface area contributed by atoms with Gasteiger partial charge in [-0.3, -0.25) is 10.2 Å². The Morgan fingerprint density at radius 1 is 1.45 bits per heavy atom. The lowest BCUT2D eigenvalue weighted by Crippen LogP contribution is -2.47. The van der Waals surface area contributed by atoms with Crippen molar-refractivity contribution in [3.63, 3.8) is 0 Å². The zero-order valence-corrected chi connectivity index (χ0v) is 14.1. The first kappa shape index (κ1) is 17.4. The lowest BCUT2D eigenvalue weighted by molar-refractivity contribution is 0.195. The summed E-state index contributed by atoms with van der Waals surface area (Å²) in [6, 6.07) is 3.54. The molecular formula is C16H32N4. The Bertz CT molecular complexity index is 336. The fourth-order valence-corrected chi connectivity index (χ4v) is 3.30. The van der Waals surface area contributed by atoms with Gasteiger partial charge in [0, 0.05) is 25.2 Å². The second-order valence-corrected chi connectivity index (χ2v) is 6.89. The van der Waals surface area contributed by atoms with Crippen LogP contribution in [0, 0.1) is 17.2 Å². The van der Waals surface area contributed by atoms with Crippen LogP contribution in [0.2, 0.25) is 0 Å². The van der Waals surface area contributed by atoms with Crippen LogP contribution in [0.4, 0.5) is 0 Å². The number of hydrogen-bond donors (Lipinski definition) is 1. The van der Waals surface area contributed by atoms with E-state index < -0.39 is 5.54 Å². The van der Waals surface area contributed by atoms with Crippen LogP contribution in [0.5, 0.6) is 0 Å². The van der Waals surface area contributed by atoms with Crippen molar-refractivity contribution in [3.05, 3.63) is 0 Å².